The number of hydrogen-bond donors (Lipinski definition) is 1. The third kappa shape index (κ3) is 4.30. The molecular formula is C14H21ClN2O3. The summed E-state index contributed by atoms with van der Waals surface area (Å²) in [5, 5.41) is 3.92. The van der Waals surface area contributed by atoms with Crippen LogP contribution in [0.15, 0.2) is 24.3 Å². The predicted octanol–water partition coefficient (Wildman–Crippen LogP) is 2.27. The summed E-state index contributed by atoms with van der Waals surface area (Å²) >= 11 is 0. The van der Waals surface area contributed by atoms with Gasteiger partial charge in [0.1, 0.15) is 0 Å². The second kappa shape index (κ2) is 9.47. The fourth-order valence-corrected chi connectivity index (χ4v) is 1.66. The van der Waals surface area contributed by atoms with E-state index in [9.17, 15) is 9.59 Å². The van der Waals surface area contributed by atoms with Gasteiger partial charge in [-0.2, -0.15) is 0 Å². The molecule has 6 heteroatoms. The highest BCUT2D eigenvalue weighted by Crippen LogP contribution is 2.22. The molecule has 20 heavy (non-hydrogen) atoms. The van der Waals surface area contributed by atoms with Crippen LogP contribution in [0.5, 0.6) is 0 Å². The molecule has 0 fully saturated rings. The molecule has 1 heterocycles. The molecule has 2 rings (SSSR count). The number of halogens is 1. The lowest BCUT2D eigenvalue weighted by molar-refractivity contribution is -0.0863. The normalized spacial score (nSPS) is 12.4. The molecule has 0 radical (unpaired) electrons. The Bertz CT molecular complexity index is 415. The number of carbonyl (C=O) groups excluding carboxylic acids is 2. The fraction of sp³-hybridized carbons (Fsp3) is 0.429. The van der Waals surface area contributed by atoms with Gasteiger partial charge in [-0.3, -0.25) is 14.4 Å². The van der Waals surface area contributed by atoms with Crippen molar-refractivity contribution < 1.29 is 14.4 Å². The number of fused-ring (bicyclic) bond motifs is 1. The number of nitrogens with zero attached hydrogens (tertiary/aromatic N) is 1. The lowest BCUT2D eigenvalue weighted by Gasteiger charge is -2.10. The Morgan fingerprint density at radius 3 is 1.75 bits per heavy atom. The van der Waals surface area contributed by atoms with Gasteiger partial charge in [-0.25, -0.2) is 0 Å². The van der Waals surface area contributed by atoms with Crippen LogP contribution in [0, 0.1) is 0 Å². The van der Waals surface area contributed by atoms with Crippen LogP contribution in [-0.2, 0) is 4.84 Å². The molecule has 1 aliphatic rings. The van der Waals surface area contributed by atoms with Crippen LogP contribution in [0.4, 0.5) is 0 Å². The van der Waals surface area contributed by atoms with Gasteiger partial charge in [0.2, 0.25) is 0 Å². The maximum Gasteiger partial charge on any atom is 0.285 e. The van der Waals surface area contributed by atoms with E-state index in [0.29, 0.717) is 17.7 Å². The van der Waals surface area contributed by atoms with E-state index in [1.807, 2.05) is 0 Å². The molecule has 0 bridgehead atoms. The van der Waals surface area contributed by atoms with Gasteiger partial charge in [-0.05, 0) is 32.1 Å². The van der Waals surface area contributed by atoms with Crippen LogP contribution in [-0.4, -0.2) is 36.6 Å². The number of benzene rings is 1. The monoisotopic (exact) mass is 300 g/mol. The Morgan fingerprint density at radius 2 is 1.45 bits per heavy atom. The Labute approximate surface area is 125 Å². The quantitative estimate of drug-likeness (QED) is 0.867. The highest BCUT2D eigenvalue weighted by molar-refractivity contribution is 6.20. The molecule has 2 amide bonds. The standard InChI is InChI=1S/C10H9NO3.C4H11N.ClH/c1-2-14-11-9(12)7-5-3-4-6-8(7)10(11)13;1-3-5-4-2;/h3-6H,2H2,1H3;5H,3-4H2,1-2H3;1H. The predicted molar refractivity (Wildman–Crippen MR) is 80.0 cm³/mol. The summed E-state index contributed by atoms with van der Waals surface area (Å²) in [6.45, 7) is 8.41. The van der Waals surface area contributed by atoms with Crippen LogP contribution < -0.4 is 5.32 Å². The molecule has 1 aliphatic heterocycles. The van der Waals surface area contributed by atoms with E-state index in [2.05, 4.69) is 19.2 Å². The van der Waals surface area contributed by atoms with E-state index in [1.54, 1.807) is 31.2 Å². The number of hydrogen-bond acceptors (Lipinski definition) is 4. The number of rotatable bonds is 4. The van der Waals surface area contributed by atoms with Gasteiger partial charge in [0.25, 0.3) is 11.8 Å². The highest BCUT2D eigenvalue weighted by atomic mass is 35.5. The number of imide groups is 1. The zero-order valence-electron chi connectivity index (χ0n) is 12.0. The van der Waals surface area contributed by atoms with Crippen LogP contribution >= 0.6 is 12.4 Å². The van der Waals surface area contributed by atoms with Gasteiger partial charge in [-0.15, -0.1) is 17.5 Å². The average molecular weight is 301 g/mol. The summed E-state index contributed by atoms with van der Waals surface area (Å²) in [6.07, 6.45) is 0. The van der Waals surface area contributed by atoms with Crippen molar-refractivity contribution >= 4 is 24.2 Å². The Morgan fingerprint density at radius 1 is 1.00 bits per heavy atom. The summed E-state index contributed by atoms with van der Waals surface area (Å²) in [5.41, 5.74) is 0.817. The topological polar surface area (TPSA) is 58.6 Å². The zero-order valence-corrected chi connectivity index (χ0v) is 12.8. The summed E-state index contributed by atoms with van der Waals surface area (Å²) < 4.78 is 0. The third-order valence-corrected chi connectivity index (χ3v) is 2.51. The largest absolute Gasteiger partial charge is 0.317 e. The first kappa shape index (κ1) is 18.6. The highest BCUT2D eigenvalue weighted by Gasteiger charge is 2.35. The van der Waals surface area contributed by atoms with Crippen LogP contribution in [0.1, 0.15) is 41.5 Å². The summed E-state index contributed by atoms with van der Waals surface area (Å²) in [5.74, 6) is -0.764. The minimum atomic E-state index is -0.382. The molecule has 1 N–H and O–H groups in total. The van der Waals surface area contributed by atoms with E-state index in [1.165, 1.54) is 0 Å². The minimum Gasteiger partial charge on any atom is -0.317 e. The number of carbonyl (C=O) groups is 2. The van der Waals surface area contributed by atoms with Crippen LogP contribution in [0.3, 0.4) is 0 Å². The van der Waals surface area contributed by atoms with Crippen LogP contribution in [0.25, 0.3) is 0 Å². The van der Waals surface area contributed by atoms with E-state index >= 15 is 0 Å². The van der Waals surface area contributed by atoms with Gasteiger partial charge in [0, 0.05) is 0 Å². The van der Waals surface area contributed by atoms with Crippen molar-refractivity contribution in [3.8, 4) is 0 Å². The second-order valence-electron chi connectivity index (χ2n) is 3.83. The molecule has 5 nitrogen and oxygen atoms in total. The molecule has 0 spiro atoms. The zero-order chi connectivity index (χ0) is 14.3. The summed E-state index contributed by atoms with van der Waals surface area (Å²) in [6, 6.07) is 6.68. The van der Waals surface area contributed by atoms with Gasteiger partial charge >= 0.3 is 0 Å². The fourth-order valence-electron chi connectivity index (χ4n) is 1.66. The van der Waals surface area contributed by atoms with E-state index in [0.717, 1.165) is 18.2 Å². The van der Waals surface area contributed by atoms with Crippen LogP contribution in [0.2, 0.25) is 0 Å². The molecule has 0 unspecified atom stereocenters. The van der Waals surface area contributed by atoms with Gasteiger partial charge in [0.05, 0.1) is 17.7 Å². The minimum absolute atomic E-state index is 0. The van der Waals surface area contributed by atoms with Gasteiger partial charge in [-0.1, -0.05) is 26.0 Å². The van der Waals surface area contributed by atoms with Crippen molar-refractivity contribution in [2.45, 2.75) is 20.8 Å². The van der Waals surface area contributed by atoms with Crippen molar-refractivity contribution in [3.63, 3.8) is 0 Å². The van der Waals surface area contributed by atoms with Crippen molar-refractivity contribution in [1.29, 1.82) is 0 Å². The van der Waals surface area contributed by atoms with E-state index in [-0.39, 0.29) is 24.2 Å². The van der Waals surface area contributed by atoms with E-state index in [4.69, 9.17) is 4.84 Å². The first-order valence-corrected chi connectivity index (χ1v) is 6.48. The molecule has 0 atom stereocenters. The third-order valence-electron chi connectivity index (χ3n) is 2.51. The molecule has 0 aliphatic carbocycles. The number of nitrogens with one attached hydrogen (secondary N) is 1. The molecule has 1 aromatic rings. The van der Waals surface area contributed by atoms with E-state index < -0.39 is 0 Å². The van der Waals surface area contributed by atoms with Crippen molar-refractivity contribution in [1.82, 2.24) is 10.4 Å². The first-order valence-electron chi connectivity index (χ1n) is 6.48. The molecular weight excluding hydrogens is 280 g/mol. The maximum atomic E-state index is 11.6. The van der Waals surface area contributed by atoms with Crippen molar-refractivity contribution in [3.05, 3.63) is 35.4 Å². The Kier molecular flexibility index (Phi) is 8.79. The Hall–Kier alpha value is -1.43. The van der Waals surface area contributed by atoms with Crippen molar-refractivity contribution in [2.75, 3.05) is 19.7 Å². The number of hydroxylamine groups is 2. The van der Waals surface area contributed by atoms with Crippen molar-refractivity contribution in [2.24, 2.45) is 0 Å². The lowest BCUT2D eigenvalue weighted by Crippen LogP contribution is -2.29. The average Bonchev–Trinajstić information content (AvgIpc) is 2.67. The van der Waals surface area contributed by atoms with Gasteiger partial charge in [0.15, 0.2) is 0 Å². The molecule has 0 aromatic heterocycles. The Balaban J connectivity index is 0.000000526. The molecule has 0 saturated carbocycles. The lowest BCUT2D eigenvalue weighted by atomic mass is 10.1. The first-order chi connectivity index (χ1) is 9.17. The van der Waals surface area contributed by atoms with Gasteiger partial charge < -0.3 is 5.32 Å². The maximum absolute atomic E-state index is 11.6. The summed E-state index contributed by atoms with van der Waals surface area (Å²) in [7, 11) is 0. The smallest absolute Gasteiger partial charge is 0.285 e. The molecule has 112 valence electrons. The summed E-state index contributed by atoms with van der Waals surface area (Å²) in [4.78, 5) is 28.1. The molecule has 1 aromatic carbocycles. The number of amides is 2. The SMILES string of the molecule is CCNCC.CCON1C(=O)c2ccccc2C1=O.Cl. The second-order valence-corrected chi connectivity index (χ2v) is 3.83. The molecule has 0 saturated heterocycles.